The van der Waals surface area contributed by atoms with Crippen LogP contribution in [0.4, 0.5) is 4.48 Å². The Morgan fingerprint density at radius 2 is 1.82 bits per heavy atom. The molecule has 0 aromatic heterocycles. The van der Waals surface area contributed by atoms with Gasteiger partial charge in [0, 0.05) is 35.7 Å². The van der Waals surface area contributed by atoms with Crippen LogP contribution in [0.15, 0.2) is 48.5 Å². The van der Waals surface area contributed by atoms with E-state index < -0.39 is 11.5 Å². The average molecular weight is 510 g/mol. The Bertz CT molecular complexity index is 919. The molecule has 34 heavy (non-hydrogen) atoms. The van der Waals surface area contributed by atoms with Gasteiger partial charge in [0.2, 0.25) is 0 Å². The number of nitriles is 1. The Morgan fingerprint density at radius 1 is 1.21 bits per heavy atom. The summed E-state index contributed by atoms with van der Waals surface area (Å²) in [7, 11) is 0. The van der Waals surface area contributed by atoms with Crippen LogP contribution in [0.5, 0.6) is 0 Å². The van der Waals surface area contributed by atoms with Crippen LogP contribution in [0, 0.1) is 16.7 Å². The topological polar surface area (TPSA) is 85.2 Å². The second-order valence-electron chi connectivity index (χ2n) is 9.63. The normalized spacial score (nSPS) is 21.4. The van der Waals surface area contributed by atoms with Gasteiger partial charge in [-0.25, -0.2) is 0 Å². The van der Waals surface area contributed by atoms with Gasteiger partial charge in [-0.05, 0) is 47.2 Å². The van der Waals surface area contributed by atoms with E-state index >= 15 is 0 Å². The van der Waals surface area contributed by atoms with Crippen molar-refractivity contribution >= 4 is 29.5 Å². The highest BCUT2D eigenvalue weighted by Gasteiger charge is 2.51. The quantitative estimate of drug-likeness (QED) is 0.268. The molecule has 1 saturated heterocycles. The summed E-state index contributed by atoms with van der Waals surface area (Å²) in [4.78, 5) is 11.5. The van der Waals surface area contributed by atoms with Crippen molar-refractivity contribution in [1.82, 2.24) is 10.9 Å². The number of aldehydes is 1. The molecule has 5 nitrogen and oxygen atoms in total. The van der Waals surface area contributed by atoms with Crippen molar-refractivity contribution < 1.29 is 14.4 Å². The number of nitrogens with zero attached hydrogens (tertiary/aromatic N) is 1. The summed E-state index contributed by atoms with van der Waals surface area (Å²) >= 11 is 12.1. The first kappa shape index (κ1) is 30.0. The minimum Gasteiger partial charge on any atom is -0.396 e. The summed E-state index contributed by atoms with van der Waals surface area (Å²) in [5, 5.41) is 22.3. The molecule has 1 aliphatic rings. The fourth-order valence-electron chi connectivity index (χ4n) is 3.48. The van der Waals surface area contributed by atoms with Gasteiger partial charge in [0.05, 0.1) is 12.1 Å². The predicted molar refractivity (Wildman–Crippen MR) is 137 cm³/mol. The van der Waals surface area contributed by atoms with E-state index in [1.54, 1.807) is 18.2 Å². The zero-order chi connectivity index (χ0) is 25.8. The number of hydrogen-bond donors (Lipinski definition) is 3. The van der Waals surface area contributed by atoms with Crippen molar-refractivity contribution in [1.29, 1.82) is 5.26 Å². The van der Waals surface area contributed by atoms with Crippen LogP contribution in [0.25, 0.3) is 0 Å². The second-order valence-corrected chi connectivity index (χ2v) is 10.5. The van der Waals surface area contributed by atoms with E-state index in [1.165, 1.54) is 5.54 Å². The second kappa shape index (κ2) is 14.4. The SMILES string of the molecule is CC(C)(C)C.N#CC1(c2ccc(Cl)cc2)CNC(C=O)[C@H]1c1cccc(Cl)c1.OCCCNF. The molecule has 186 valence electrons. The molecule has 3 N–H and O–H groups in total. The number of halogens is 3. The van der Waals surface area contributed by atoms with Crippen molar-refractivity contribution in [3.63, 3.8) is 0 Å². The number of hydrogen-bond acceptors (Lipinski definition) is 5. The lowest BCUT2D eigenvalue weighted by Gasteiger charge is -2.30. The first-order valence-electron chi connectivity index (χ1n) is 11.1. The van der Waals surface area contributed by atoms with Crippen LogP contribution in [0.3, 0.4) is 0 Å². The van der Waals surface area contributed by atoms with Gasteiger partial charge in [-0.3, -0.25) is 0 Å². The summed E-state index contributed by atoms with van der Waals surface area (Å²) in [6, 6.07) is 16.5. The predicted octanol–water partition coefficient (Wildman–Crippen LogP) is 5.60. The van der Waals surface area contributed by atoms with Crippen LogP contribution in [-0.4, -0.2) is 37.1 Å². The smallest absolute Gasteiger partial charge is 0.137 e. The standard InChI is InChI=1S/C18H14Cl2N2O.C5H12.C3H8FNO/c19-14-6-4-13(5-7-14)18(10-21)11-22-16(9-23)17(18)12-2-1-3-15(20)8-12;1-5(2,3)4;4-5-2-1-3-6/h1-9,16-17,22H,11H2;1-4H3;5-6H,1-3H2/t16?,17-,18?;;/m1../s1. The number of benzene rings is 2. The van der Waals surface area contributed by atoms with Crippen LogP contribution in [-0.2, 0) is 10.2 Å². The van der Waals surface area contributed by atoms with E-state index in [2.05, 4.69) is 39.1 Å². The maximum Gasteiger partial charge on any atom is 0.137 e. The molecule has 8 heteroatoms. The first-order chi connectivity index (χ1) is 16.0. The summed E-state index contributed by atoms with van der Waals surface area (Å²) in [6.45, 7) is 9.44. The number of carbonyl (C=O) groups excluding carboxylic acids is 1. The van der Waals surface area contributed by atoms with Gasteiger partial charge in [-0.15, -0.1) is 4.48 Å². The zero-order valence-electron chi connectivity index (χ0n) is 20.1. The molecule has 0 spiro atoms. The highest BCUT2D eigenvalue weighted by atomic mass is 35.5. The van der Waals surface area contributed by atoms with Crippen molar-refractivity contribution in [2.24, 2.45) is 5.41 Å². The van der Waals surface area contributed by atoms with E-state index in [0.29, 0.717) is 28.4 Å². The average Bonchev–Trinajstić information content (AvgIpc) is 3.17. The molecular weight excluding hydrogens is 476 g/mol. The van der Waals surface area contributed by atoms with Crippen molar-refractivity contribution in [3.8, 4) is 6.07 Å². The van der Waals surface area contributed by atoms with Crippen LogP contribution < -0.4 is 10.9 Å². The van der Waals surface area contributed by atoms with E-state index in [9.17, 15) is 14.5 Å². The van der Waals surface area contributed by atoms with Gasteiger partial charge in [-0.1, -0.05) is 75.2 Å². The highest BCUT2D eigenvalue weighted by Crippen LogP contribution is 2.45. The molecule has 0 amide bonds. The van der Waals surface area contributed by atoms with Gasteiger partial charge in [0.25, 0.3) is 0 Å². The van der Waals surface area contributed by atoms with Gasteiger partial charge in [-0.2, -0.15) is 10.8 Å². The number of aliphatic hydroxyl groups is 1. The largest absolute Gasteiger partial charge is 0.396 e. The molecule has 2 aromatic rings. The Morgan fingerprint density at radius 3 is 2.26 bits per heavy atom. The molecular formula is C26H34Cl2FN3O2. The number of aliphatic hydroxyl groups excluding tert-OH is 1. The zero-order valence-corrected chi connectivity index (χ0v) is 21.6. The Hall–Kier alpha value is -2.01. The van der Waals surface area contributed by atoms with Gasteiger partial charge >= 0.3 is 0 Å². The molecule has 2 unspecified atom stereocenters. The summed E-state index contributed by atoms with van der Waals surface area (Å²) in [5.41, 5.74) is 2.77. The Kier molecular flexibility index (Phi) is 12.7. The molecule has 1 aliphatic heterocycles. The third-order valence-corrected chi connectivity index (χ3v) is 5.34. The van der Waals surface area contributed by atoms with Crippen molar-refractivity contribution in [3.05, 3.63) is 69.7 Å². The fourth-order valence-corrected chi connectivity index (χ4v) is 3.80. The summed E-state index contributed by atoms with van der Waals surface area (Å²) in [6.07, 6.45) is 1.34. The van der Waals surface area contributed by atoms with E-state index in [0.717, 1.165) is 17.4 Å². The van der Waals surface area contributed by atoms with Crippen LogP contribution in [0.1, 0.15) is 51.2 Å². The number of nitrogens with one attached hydrogen (secondary N) is 2. The fraction of sp³-hybridized carbons (Fsp3) is 0.462. The maximum atomic E-state index is 11.5. The Labute approximate surface area is 212 Å². The van der Waals surface area contributed by atoms with Crippen LogP contribution in [0.2, 0.25) is 10.0 Å². The molecule has 0 saturated carbocycles. The lowest BCUT2D eigenvalue weighted by Crippen LogP contribution is -2.34. The minimum atomic E-state index is -0.846. The highest BCUT2D eigenvalue weighted by molar-refractivity contribution is 6.30. The summed E-state index contributed by atoms with van der Waals surface area (Å²) < 4.78 is 10.8. The van der Waals surface area contributed by atoms with Gasteiger partial charge in [0.1, 0.15) is 11.7 Å². The maximum absolute atomic E-state index is 11.5. The number of carbonyl (C=O) groups is 1. The molecule has 0 radical (unpaired) electrons. The summed E-state index contributed by atoms with van der Waals surface area (Å²) in [5.74, 6) is -0.315. The van der Waals surface area contributed by atoms with Crippen LogP contribution >= 0.6 is 23.2 Å². The van der Waals surface area contributed by atoms with E-state index in [-0.39, 0.29) is 19.1 Å². The van der Waals surface area contributed by atoms with E-state index in [4.69, 9.17) is 28.3 Å². The van der Waals surface area contributed by atoms with Gasteiger partial charge in [0.15, 0.2) is 0 Å². The van der Waals surface area contributed by atoms with E-state index in [1.807, 2.05) is 30.3 Å². The third kappa shape index (κ3) is 9.32. The third-order valence-electron chi connectivity index (χ3n) is 4.85. The molecule has 3 atom stereocenters. The minimum absolute atomic E-state index is 0.0525. The monoisotopic (exact) mass is 509 g/mol. The Balaban J connectivity index is 0.000000440. The number of rotatable bonds is 6. The first-order valence-corrected chi connectivity index (χ1v) is 11.8. The molecule has 1 heterocycles. The lowest BCUT2D eigenvalue weighted by atomic mass is 9.69. The molecule has 2 aromatic carbocycles. The molecule has 0 aliphatic carbocycles. The lowest BCUT2D eigenvalue weighted by molar-refractivity contribution is -0.109. The van der Waals surface area contributed by atoms with Crippen molar-refractivity contribution in [2.75, 3.05) is 19.7 Å². The molecule has 1 fully saturated rings. The molecule has 3 rings (SSSR count). The van der Waals surface area contributed by atoms with Crippen molar-refractivity contribution in [2.45, 2.75) is 51.5 Å². The van der Waals surface area contributed by atoms with Gasteiger partial charge < -0.3 is 15.2 Å². The molecule has 0 bridgehead atoms.